The molecule has 2 rings (SSSR count). The summed E-state index contributed by atoms with van der Waals surface area (Å²) in [4.78, 5) is 0. The summed E-state index contributed by atoms with van der Waals surface area (Å²) in [5.41, 5.74) is 5.90. The third-order valence-electron chi connectivity index (χ3n) is 1.70. The summed E-state index contributed by atoms with van der Waals surface area (Å²) >= 11 is 0. The van der Waals surface area contributed by atoms with Crippen molar-refractivity contribution in [1.29, 1.82) is 0 Å². The molecule has 1 heterocycles. The maximum Gasteiger partial charge on any atom is 0.0384 e. The predicted octanol–water partition coefficient (Wildman–Crippen LogP) is 0.192. The van der Waals surface area contributed by atoms with Crippen LogP contribution in [-0.2, 0) is 0 Å². The minimum Gasteiger partial charge on any atom is -0.310 e. The summed E-state index contributed by atoms with van der Waals surface area (Å²) in [6.45, 7) is 1.16. The van der Waals surface area contributed by atoms with Gasteiger partial charge in [0, 0.05) is 18.9 Å². The minimum atomic E-state index is 0.946. The van der Waals surface area contributed by atoms with E-state index in [1.54, 1.807) is 0 Å². The summed E-state index contributed by atoms with van der Waals surface area (Å²) in [6.07, 6.45) is 6.75. The van der Waals surface area contributed by atoms with Crippen LogP contribution in [0.3, 0.4) is 0 Å². The first kappa shape index (κ1) is 5.11. The monoisotopic (exact) mass is 125 g/mol. The van der Waals surface area contributed by atoms with Crippen molar-refractivity contribution in [1.82, 2.24) is 16.0 Å². The lowest BCUT2D eigenvalue weighted by molar-refractivity contribution is 0.261. The Kier molecular flexibility index (Phi) is 1.09. The van der Waals surface area contributed by atoms with Crippen LogP contribution in [0.15, 0.2) is 12.4 Å². The third kappa shape index (κ3) is 1.16. The maximum atomic E-state index is 3.00. The molecule has 0 spiro atoms. The molecule has 0 unspecified atom stereocenters. The van der Waals surface area contributed by atoms with Crippen molar-refractivity contribution in [2.24, 2.45) is 5.92 Å². The van der Waals surface area contributed by atoms with Gasteiger partial charge in [0.25, 0.3) is 0 Å². The third-order valence-corrected chi connectivity index (χ3v) is 1.70. The Morgan fingerprint density at radius 2 is 2.44 bits per heavy atom. The van der Waals surface area contributed by atoms with Crippen molar-refractivity contribution in [3.63, 3.8) is 0 Å². The van der Waals surface area contributed by atoms with Crippen LogP contribution in [0, 0.1) is 5.92 Å². The smallest absolute Gasteiger partial charge is 0.0384 e. The average molecular weight is 125 g/mol. The Labute approximate surface area is 54.7 Å². The molecule has 1 saturated carbocycles. The summed E-state index contributed by atoms with van der Waals surface area (Å²) < 4.78 is 0. The Balaban J connectivity index is 1.77. The van der Waals surface area contributed by atoms with Gasteiger partial charge in [-0.2, -0.15) is 0 Å². The highest BCUT2D eigenvalue weighted by molar-refractivity contribution is 4.86. The zero-order valence-electron chi connectivity index (χ0n) is 5.30. The Bertz CT molecular complexity index is 128. The first-order valence-electron chi connectivity index (χ1n) is 3.39. The molecule has 3 heteroatoms. The SMILES string of the molecule is C1=CN(CC2CC2)NN1. The van der Waals surface area contributed by atoms with Crippen LogP contribution >= 0.6 is 0 Å². The highest BCUT2D eigenvalue weighted by atomic mass is 15.7. The normalized spacial score (nSPS) is 24.7. The van der Waals surface area contributed by atoms with Gasteiger partial charge < -0.3 is 5.43 Å². The maximum absolute atomic E-state index is 3.00. The molecule has 0 saturated heterocycles. The van der Waals surface area contributed by atoms with Gasteiger partial charge in [-0.3, -0.25) is 5.01 Å². The number of nitrogens with one attached hydrogen (secondary N) is 2. The quantitative estimate of drug-likeness (QED) is 0.551. The topological polar surface area (TPSA) is 27.3 Å². The molecule has 1 aliphatic carbocycles. The lowest BCUT2D eigenvalue weighted by Crippen LogP contribution is -2.36. The number of nitrogens with zero attached hydrogens (tertiary/aromatic N) is 1. The van der Waals surface area contributed by atoms with Gasteiger partial charge in [0.1, 0.15) is 0 Å². The van der Waals surface area contributed by atoms with Gasteiger partial charge >= 0.3 is 0 Å². The van der Waals surface area contributed by atoms with E-state index in [1.807, 2.05) is 12.4 Å². The lowest BCUT2D eigenvalue weighted by Gasteiger charge is -2.13. The van der Waals surface area contributed by atoms with Crippen LogP contribution in [0.25, 0.3) is 0 Å². The molecule has 1 aliphatic heterocycles. The van der Waals surface area contributed by atoms with E-state index < -0.39 is 0 Å². The number of hydrogen-bond donors (Lipinski definition) is 2. The molecule has 0 aromatic heterocycles. The Morgan fingerprint density at radius 1 is 1.56 bits per heavy atom. The number of hydrogen-bond acceptors (Lipinski definition) is 3. The molecule has 2 aliphatic rings. The molecular formula is C6H11N3. The van der Waals surface area contributed by atoms with Crippen LogP contribution in [0.5, 0.6) is 0 Å². The van der Waals surface area contributed by atoms with Gasteiger partial charge in [-0.1, -0.05) is 0 Å². The van der Waals surface area contributed by atoms with Crippen LogP contribution < -0.4 is 11.0 Å². The number of hydrazine groups is 2. The first-order valence-corrected chi connectivity index (χ1v) is 3.39. The zero-order valence-corrected chi connectivity index (χ0v) is 5.30. The molecule has 0 aromatic rings. The molecule has 0 atom stereocenters. The lowest BCUT2D eigenvalue weighted by atomic mass is 10.4. The van der Waals surface area contributed by atoms with Crippen LogP contribution in [0.2, 0.25) is 0 Å². The summed E-state index contributed by atoms with van der Waals surface area (Å²) in [5.74, 6) is 0.946. The Hall–Kier alpha value is -0.700. The molecule has 1 fully saturated rings. The van der Waals surface area contributed by atoms with Crippen LogP contribution in [0.4, 0.5) is 0 Å². The van der Waals surface area contributed by atoms with Crippen molar-refractivity contribution >= 4 is 0 Å². The van der Waals surface area contributed by atoms with E-state index in [1.165, 1.54) is 12.8 Å². The van der Waals surface area contributed by atoms with Crippen molar-refractivity contribution < 1.29 is 0 Å². The van der Waals surface area contributed by atoms with E-state index in [0.29, 0.717) is 0 Å². The van der Waals surface area contributed by atoms with Crippen LogP contribution in [-0.4, -0.2) is 11.6 Å². The second-order valence-corrected chi connectivity index (χ2v) is 2.67. The fraction of sp³-hybridized carbons (Fsp3) is 0.667. The largest absolute Gasteiger partial charge is 0.310 e. The van der Waals surface area contributed by atoms with Crippen LogP contribution in [0.1, 0.15) is 12.8 Å². The molecular weight excluding hydrogens is 114 g/mol. The molecule has 50 valence electrons. The molecule has 0 amide bonds. The van der Waals surface area contributed by atoms with E-state index in [0.717, 1.165) is 12.5 Å². The van der Waals surface area contributed by atoms with Crippen molar-refractivity contribution in [3.8, 4) is 0 Å². The van der Waals surface area contributed by atoms with E-state index >= 15 is 0 Å². The highest BCUT2D eigenvalue weighted by Gasteiger charge is 2.23. The fourth-order valence-corrected chi connectivity index (χ4v) is 0.970. The van der Waals surface area contributed by atoms with Crippen molar-refractivity contribution in [3.05, 3.63) is 12.4 Å². The zero-order chi connectivity index (χ0) is 6.10. The predicted molar refractivity (Wildman–Crippen MR) is 34.8 cm³/mol. The van der Waals surface area contributed by atoms with Gasteiger partial charge in [0.05, 0.1) is 0 Å². The van der Waals surface area contributed by atoms with E-state index in [4.69, 9.17) is 0 Å². The van der Waals surface area contributed by atoms with Gasteiger partial charge in [0.2, 0.25) is 0 Å². The Morgan fingerprint density at radius 3 is 3.00 bits per heavy atom. The molecule has 0 aromatic carbocycles. The summed E-state index contributed by atoms with van der Waals surface area (Å²) in [6, 6.07) is 0. The van der Waals surface area contributed by atoms with Crippen molar-refractivity contribution in [2.75, 3.05) is 6.54 Å². The van der Waals surface area contributed by atoms with Gasteiger partial charge in [-0.25, -0.2) is 0 Å². The summed E-state index contributed by atoms with van der Waals surface area (Å²) in [7, 11) is 0. The average Bonchev–Trinajstić information content (AvgIpc) is 2.46. The van der Waals surface area contributed by atoms with Gasteiger partial charge in [-0.05, 0) is 18.8 Å². The molecule has 0 bridgehead atoms. The van der Waals surface area contributed by atoms with E-state index in [-0.39, 0.29) is 0 Å². The second-order valence-electron chi connectivity index (χ2n) is 2.67. The highest BCUT2D eigenvalue weighted by Crippen LogP contribution is 2.29. The molecule has 9 heavy (non-hydrogen) atoms. The van der Waals surface area contributed by atoms with E-state index in [2.05, 4.69) is 16.0 Å². The second kappa shape index (κ2) is 1.92. The molecule has 0 radical (unpaired) electrons. The van der Waals surface area contributed by atoms with E-state index in [9.17, 15) is 0 Å². The standard InChI is InChI=1S/C6H11N3/c1-2-6(1)5-9-4-3-7-8-9/h3-4,6-8H,1-2,5H2. The minimum absolute atomic E-state index is 0.946. The molecule has 2 N–H and O–H groups in total. The van der Waals surface area contributed by atoms with Gasteiger partial charge in [-0.15, -0.1) is 5.53 Å². The number of rotatable bonds is 2. The molecule has 3 nitrogen and oxygen atoms in total. The first-order chi connectivity index (χ1) is 4.45. The summed E-state index contributed by atoms with van der Waals surface area (Å²) in [5, 5.41) is 2.08. The fourth-order valence-electron chi connectivity index (χ4n) is 0.970. The van der Waals surface area contributed by atoms with Gasteiger partial charge in [0.15, 0.2) is 0 Å². The van der Waals surface area contributed by atoms with Crippen molar-refractivity contribution in [2.45, 2.75) is 12.8 Å².